The predicted molar refractivity (Wildman–Crippen MR) is 121 cm³/mol. The number of amides is 1. The number of ether oxygens (including phenoxy) is 1. The molecule has 2 aromatic carbocycles. The third-order valence-electron chi connectivity index (χ3n) is 5.43. The Morgan fingerprint density at radius 3 is 2.38 bits per heavy atom. The molecule has 156 valence electrons. The quantitative estimate of drug-likeness (QED) is 0.591. The maximum absolute atomic E-state index is 11.9. The standard InChI is InChI=1S/C24H31BrN2O2/c1-18(2)24(28)26-21-12-15-27(16-13-21)17-14-23(19-6-4-3-5-7-19)29-22-10-8-20(25)9-11-22/h3-11,18,21,23H,12-17H2,1-2H3,(H,26,28)/t23-/m0/s1. The molecule has 4 nitrogen and oxygen atoms in total. The van der Waals surface area contributed by atoms with E-state index in [0.717, 1.165) is 49.1 Å². The summed E-state index contributed by atoms with van der Waals surface area (Å²) in [6.45, 7) is 6.91. The number of rotatable bonds is 8. The summed E-state index contributed by atoms with van der Waals surface area (Å²) in [5.41, 5.74) is 1.20. The van der Waals surface area contributed by atoms with Crippen molar-refractivity contribution in [2.45, 2.75) is 45.3 Å². The molecule has 3 rings (SSSR count). The molecule has 1 aliphatic rings. The number of piperidine rings is 1. The lowest BCUT2D eigenvalue weighted by atomic mass is 10.0. The van der Waals surface area contributed by atoms with Crippen LogP contribution in [0.25, 0.3) is 0 Å². The van der Waals surface area contributed by atoms with Crippen LogP contribution in [0.15, 0.2) is 59.1 Å². The first kappa shape index (κ1) is 21.8. The van der Waals surface area contributed by atoms with E-state index in [0.29, 0.717) is 6.04 Å². The van der Waals surface area contributed by atoms with Gasteiger partial charge in [0.2, 0.25) is 5.91 Å². The molecule has 5 heteroatoms. The van der Waals surface area contributed by atoms with Gasteiger partial charge in [-0.1, -0.05) is 60.1 Å². The minimum atomic E-state index is 0.0238. The summed E-state index contributed by atoms with van der Waals surface area (Å²) >= 11 is 3.48. The van der Waals surface area contributed by atoms with Gasteiger partial charge in [-0.05, 0) is 42.7 Å². The number of nitrogens with one attached hydrogen (secondary N) is 1. The minimum absolute atomic E-state index is 0.0238. The Balaban J connectivity index is 1.54. The van der Waals surface area contributed by atoms with Crippen LogP contribution in [0.5, 0.6) is 5.75 Å². The van der Waals surface area contributed by atoms with Crippen molar-refractivity contribution < 1.29 is 9.53 Å². The Kier molecular flexibility index (Phi) is 8.13. The monoisotopic (exact) mass is 458 g/mol. The molecule has 1 fully saturated rings. The minimum Gasteiger partial charge on any atom is -0.486 e. The van der Waals surface area contributed by atoms with E-state index in [1.54, 1.807) is 0 Å². The lowest BCUT2D eigenvalue weighted by Crippen LogP contribution is -2.46. The molecule has 0 spiro atoms. The summed E-state index contributed by atoms with van der Waals surface area (Å²) < 4.78 is 7.39. The second-order valence-corrected chi connectivity index (χ2v) is 8.95. The maximum atomic E-state index is 11.9. The molecule has 1 saturated heterocycles. The molecule has 0 aromatic heterocycles. The Hall–Kier alpha value is -1.85. The number of likely N-dealkylation sites (tertiary alicyclic amines) is 1. The van der Waals surface area contributed by atoms with Gasteiger partial charge in [-0.25, -0.2) is 0 Å². The largest absolute Gasteiger partial charge is 0.486 e. The van der Waals surface area contributed by atoms with Crippen LogP contribution in [0.1, 0.15) is 44.8 Å². The van der Waals surface area contributed by atoms with Crippen molar-refractivity contribution >= 4 is 21.8 Å². The fraction of sp³-hybridized carbons (Fsp3) is 0.458. The highest BCUT2D eigenvalue weighted by atomic mass is 79.9. The van der Waals surface area contributed by atoms with Gasteiger partial charge in [0.15, 0.2) is 0 Å². The normalized spacial score (nSPS) is 16.6. The molecule has 0 unspecified atom stereocenters. The van der Waals surface area contributed by atoms with Gasteiger partial charge in [-0.2, -0.15) is 0 Å². The molecule has 0 aliphatic carbocycles. The second-order valence-electron chi connectivity index (χ2n) is 8.04. The van der Waals surface area contributed by atoms with Crippen LogP contribution >= 0.6 is 15.9 Å². The molecular weight excluding hydrogens is 428 g/mol. The topological polar surface area (TPSA) is 41.6 Å². The van der Waals surface area contributed by atoms with Crippen molar-refractivity contribution in [1.82, 2.24) is 10.2 Å². The first-order chi connectivity index (χ1) is 14.0. The van der Waals surface area contributed by atoms with Crippen LogP contribution in [-0.2, 0) is 4.79 Å². The van der Waals surface area contributed by atoms with Gasteiger partial charge >= 0.3 is 0 Å². The van der Waals surface area contributed by atoms with Crippen molar-refractivity contribution in [3.8, 4) is 5.75 Å². The van der Waals surface area contributed by atoms with Gasteiger partial charge in [0, 0.05) is 42.5 Å². The summed E-state index contributed by atoms with van der Waals surface area (Å²) in [6, 6.07) is 18.8. The van der Waals surface area contributed by atoms with Crippen molar-refractivity contribution in [2.75, 3.05) is 19.6 Å². The third kappa shape index (κ3) is 6.86. The highest BCUT2D eigenvalue weighted by Gasteiger charge is 2.23. The summed E-state index contributed by atoms with van der Waals surface area (Å²) in [4.78, 5) is 14.4. The highest BCUT2D eigenvalue weighted by molar-refractivity contribution is 9.10. The second kappa shape index (κ2) is 10.8. The fourth-order valence-electron chi connectivity index (χ4n) is 3.61. The van der Waals surface area contributed by atoms with Crippen LogP contribution in [0.4, 0.5) is 0 Å². The Morgan fingerprint density at radius 2 is 1.76 bits per heavy atom. The van der Waals surface area contributed by atoms with E-state index in [4.69, 9.17) is 4.74 Å². The predicted octanol–water partition coefficient (Wildman–Crippen LogP) is 5.20. The SMILES string of the molecule is CC(C)C(=O)NC1CCN(CC[C@H](Oc2ccc(Br)cc2)c2ccccc2)CC1. The van der Waals surface area contributed by atoms with Gasteiger partial charge in [0.1, 0.15) is 11.9 Å². The fourth-order valence-corrected chi connectivity index (χ4v) is 3.87. The van der Waals surface area contributed by atoms with Gasteiger partial charge in [-0.3, -0.25) is 4.79 Å². The summed E-state index contributed by atoms with van der Waals surface area (Å²) in [5.74, 6) is 1.10. The number of carbonyl (C=O) groups excluding carboxylic acids is 1. The molecular formula is C24H31BrN2O2. The third-order valence-corrected chi connectivity index (χ3v) is 5.96. The lowest BCUT2D eigenvalue weighted by Gasteiger charge is -2.33. The zero-order valence-electron chi connectivity index (χ0n) is 17.3. The Morgan fingerprint density at radius 1 is 1.10 bits per heavy atom. The van der Waals surface area contributed by atoms with Crippen molar-refractivity contribution in [1.29, 1.82) is 0 Å². The summed E-state index contributed by atoms with van der Waals surface area (Å²) in [7, 11) is 0. The van der Waals surface area contributed by atoms with Crippen LogP contribution in [0, 0.1) is 5.92 Å². The van der Waals surface area contributed by atoms with Crippen LogP contribution < -0.4 is 10.1 Å². The lowest BCUT2D eigenvalue weighted by molar-refractivity contribution is -0.125. The maximum Gasteiger partial charge on any atom is 0.222 e. The molecule has 1 N–H and O–H groups in total. The van der Waals surface area contributed by atoms with Crippen LogP contribution in [0.3, 0.4) is 0 Å². The van der Waals surface area contributed by atoms with E-state index >= 15 is 0 Å². The zero-order chi connectivity index (χ0) is 20.6. The van der Waals surface area contributed by atoms with Crippen molar-refractivity contribution in [3.63, 3.8) is 0 Å². The van der Waals surface area contributed by atoms with Crippen LogP contribution in [-0.4, -0.2) is 36.5 Å². The van der Waals surface area contributed by atoms with E-state index in [2.05, 4.69) is 50.4 Å². The summed E-state index contributed by atoms with van der Waals surface area (Å²) in [6.07, 6.45) is 2.99. The van der Waals surface area contributed by atoms with E-state index in [-0.39, 0.29) is 17.9 Å². The average Bonchev–Trinajstić information content (AvgIpc) is 2.74. The Labute approximate surface area is 182 Å². The van der Waals surface area contributed by atoms with Crippen molar-refractivity contribution in [3.05, 3.63) is 64.6 Å². The number of nitrogens with zero attached hydrogens (tertiary/aromatic N) is 1. The molecule has 1 amide bonds. The first-order valence-electron chi connectivity index (χ1n) is 10.5. The van der Waals surface area contributed by atoms with Gasteiger partial charge in [0.05, 0.1) is 0 Å². The number of hydrogen-bond acceptors (Lipinski definition) is 3. The zero-order valence-corrected chi connectivity index (χ0v) is 18.9. The van der Waals surface area contributed by atoms with E-state index in [1.165, 1.54) is 5.56 Å². The van der Waals surface area contributed by atoms with Crippen molar-refractivity contribution in [2.24, 2.45) is 5.92 Å². The molecule has 1 heterocycles. The van der Waals surface area contributed by atoms with E-state index in [1.807, 2.05) is 44.2 Å². The molecule has 1 atom stereocenters. The number of benzene rings is 2. The molecule has 29 heavy (non-hydrogen) atoms. The number of halogens is 1. The van der Waals surface area contributed by atoms with Gasteiger partial charge < -0.3 is 15.0 Å². The summed E-state index contributed by atoms with van der Waals surface area (Å²) in [5, 5.41) is 3.17. The smallest absolute Gasteiger partial charge is 0.222 e. The van der Waals surface area contributed by atoms with Gasteiger partial charge in [-0.15, -0.1) is 0 Å². The number of carbonyl (C=O) groups is 1. The highest BCUT2D eigenvalue weighted by Crippen LogP contribution is 2.27. The van der Waals surface area contributed by atoms with E-state index in [9.17, 15) is 4.79 Å². The number of hydrogen-bond donors (Lipinski definition) is 1. The molecule has 0 radical (unpaired) electrons. The molecule has 0 bridgehead atoms. The average molecular weight is 459 g/mol. The van der Waals surface area contributed by atoms with E-state index < -0.39 is 0 Å². The van der Waals surface area contributed by atoms with Crippen LogP contribution in [0.2, 0.25) is 0 Å². The van der Waals surface area contributed by atoms with Gasteiger partial charge in [0.25, 0.3) is 0 Å². The Bertz CT molecular complexity index is 756. The molecule has 2 aromatic rings. The first-order valence-corrected chi connectivity index (χ1v) is 11.3. The molecule has 0 saturated carbocycles. The molecule has 1 aliphatic heterocycles.